The summed E-state index contributed by atoms with van der Waals surface area (Å²) in [6.07, 6.45) is 5.58. The lowest BCUT2D eigenvalue weighted by atomic mass is 9.85. The Labute approximate surface area is 188 Å². The van der Waals surface area contributed by atoms with Crippen LogP contribution in [-0.2, 0) is 19.1 Å². The van der Waals surface area contributed by atoms with Gasteiger partial charge in [-0.1, -0.05) is 12.2 Å². The van der Waals surface area contributed by atoms with Crippen LogP contribution in [0, 0.1) is 23.7 Å². The van der Waals surface area contributed by atoms with Gasteiger partial charge in [-0.05, 0) is 65.7 Å². The van der Waals surface area contributed by atoms with Gasteiger partial charge in [0.15, 0.2) is 17.6 Å². The molecule has 0 spiro atoms. The van der Waals surface area contributed by atoms with Crippen LogP contribution < -0.4 is 9.47 Å². The van der Waals surface area contributed by atoms with E-state index in [1.165, 1.54) is 13.3 Å². The fourth-order valence-corrected chi connectivity index (χ4v) is 5.09. The second-order valence-corrected chi connectivity index (χ2v) is 8.63. The zero-order chi connectivity index (χ0) is 22.3. The molecule has 5 atom stereocenters. The van der Waals surface area contributed by atoms with Gasteiger partial charge in [0.05, 0.1) is 36.2 Å². The Morgan fingerprint density at radius 3 is 2.48 bits per heavy atom. The smallest absolute Gasteiger partial charge is 0.347 e. The number of benzene rings is 1. The number of hydrazone groups is 1. The summed E-state index contributed by atoms with van der Waals surface area (Å²) < 4.78 is 16.6. The molecule has 2 aliphatic carbocycles. The predicted molar refractivity (Wildman–Crippen MR) is 115 cm³/mol. The van der Waals surface area contributed by atoms with Crippen LogP contribution in [-0.4, -0.2) is 48.8 Å². The molecule has 8 nitrogen and oxygen atoms in total. The Morgan fingerprint density at radius 2 is 1.90 bits per heavy atom. The van der Waals surface area contributed by atoms with Crippen LogP contribution >= 0.6 is 15.9 Å². The minimum atomic E-state index is -0.826. The van der Waals surface area contributed by atoms with Gasteiger partial charge < -0.3 is 14.2 Å². The molecule has 31 heavy (non-hydrogen) atoms. The molecule has 0 radical (unpaired) electrons. The number of allylic oxidation sites excluding steroid dienone is 2. The maximum atomic E-state index is 12.8. The van der Waals surface area contributed by atoms with E-state index in [1.54, 1.807) is 26.0 Å². The van der Waals surface area contributed by atoms with Gasteiger partial charge in [-0.25, -0.2) is 4.79 Å². The number of rotatable bonds is 7. The van der Waals surface area contributed by atoms with Crippen molar-refractivity contribution in [1.82, 2.24) is 5.01 Å². The molecule has 1 saturated heterocycles. The summed E-state index contributed by atoms with van der Waals surface area (Å²) in [6.45, 7) is 3.57. The maximum absolute atomic E-state index is 12.8. The van der Waals surface area contributed by atoms with Crippen LogP contribution in [0.3, 0.4) is 0 Å². The van der Waals surface area contributed by atoms with E-state index in [2.05, 4.69) is 21.0 Å². The minimum Gasteiger partial charge on any atom is -0.493 e. The number of carbonyl (C=O) groups excluding carboxylic acids is 3. The Bertz CT molecular complexity index is 960. The highest BCUT2D eigenvalue weighted by molar-refractivity contribution is 9.10. The van der Waals surface area contributed by atoms with Gasteiger partial charge >= 0.3 is 5.97 Å². The Kier molecular flexibility index (Phi) is 5.88. The third-order valence-electron chi connectivity index (χ3n) is 5.93. The first-order valence-corrected chi connectivity index (χ1v) is 11.0. The van der Waals surface area contributed by atoms with Crippen molar-refractivity contribution in [2.75, 3.05) is 13.7 Å². The lowest BCUT2D eigenvalue weighted by Gasteiger charge is -2.17. The van der Waals surface area contributed by atoms with E-state index in [-0.39, 0.29) is 42.1 Å². The zero-order valence-corrected chi connectivity index (χ0v) is 19.0. The number of carbonyl (C=O) groups is 3. The van der Waals surface area contributed by atoms with Crippen molar-refractivity contribution in [1.29, 1.82) is 0 Å². The molecule has 0 N–H and O–H groups in total. The van der Waals surface area contributed by atoms with E-state index in [4.69, 9.17) is 14.2 Å². The van der Waals surface area contributed by atoms with Crippen LogP contribution in [0.4, 0.5) is 0 Å². The molecule has 1 aromatic carbocycles. The van der Waals surface area contributed by atoms with Crippen molar-refractivity contribution in [3.8, 4) is 11.5 Å². The molecular weight excluding hydrogens is 468 g/mol. The average Bonchev–Trinajstić information content (AvgIpc) is 3.42. The quantitative estimate of drug-likeness (QED) is 0.252. The summed E-state index contributed by atoms with van der Waals surface area (Å²) in [5.41, 5.74) is 0.596. The molecule has 164 valence electrons. The fourth-order valence-electron chi connectivity index (χ4n) is 4.54. The van der Waals surface area contributed by atoms with Crippen LogP contribution in [0.1, 0.15) is 25.8 Å². The summed E-state index contributed by atoms with van der Waals surface area (Å²) >= 11 is 3.42. The predicted octanol–water partition coefficient (Wildman–Crippen LogP) is 2.93. The number of nitrogens with zero attached hydrogens (tertiary/aromatic N) is 2. The number of imide groups is 1. The lowest BCUT2D eigenvalue weighted by molar-refractivity contribution is -0.150. The van der Waals surface area contributed by atoms with E-state index in [0.717, 1.165) is 11.4 Å². The fraction of sp³-hybridized carbons (Fsp3) is 0.455. The number of amides is 2. The van der Waals surface area contributed by atoms with Gasteiger partial charge in [-0.3, -0.25) is 9.59 Å². The van der Waals surface area contributed by atoms with E-state index >= 15 is 0 Å². The third kappa shape index (κ3) is 3.75. The van der Waals surface area contributed by atoms with Crippen molar-refractivity contribution in [2.45, 2.75) is 26.4 Å². The minimum absolute atomic E-state index is 0.138. The van der Waals surface area contributed by atoms with Gasteiger partial charge in [-0.15, -0.1) is 0 Å². The molecule has 2 fully saturated rings. The average molecular weight is 491 g/mol. The summed E-state index contributed by atoms with van der Waals surface area (Å²) in [5, 5.41) is 5.18. The van der Waals surface area contributed by atoms with Gasteiger partial charge in [0, 0.05) is 0 Å². The largest absolute Gasteiger partial charge is 0.493 e. The van der Waals surface area contributed by atoms with Crippen LogP contribution in [0.2, 0.25) is 0 Å². The van der Waals surface area contributed by atoms with E-state index in [0.29, 0.717) is 21.5 Å². The first-order chi connectivity index (χ1) is 14.8. The number of ether oxygens (including phenoxy) is 3. The molecular formula is C22H23BrN2O6. The second-order valence-electron chi connectivity index (χ2n) is 7.78. The van der Waals surface area contributed by atoms with Crippen molar-refractivity contribution in [3.05, 3.63) is 34.3 Å². The van der Waals surface area contributed by atoms with Gasteiger partial charge in [-0.2, -0.15) is 10.1 Å². The van der Waals surface area contributed by atoms with Crippen molar-refractivity contribution < 1.29 is 28.6 Å². The molecule has 1 saturated carbocycles. The number of methoxy groups -OCH3 is 1. The van der Waals surface area contributed by atoms with Crippen molar-refractivity contribution in [2.24, 2.45) is 28.8 Å². The topological polar surface area (TPSA) is 94.5 Å². The van der Waals surface area contributed by atoms with Crippen LogP contribution in [0.5, 0.6) is 11.5 Å². The van der Waals surface area contributed by atoms with Crippen LogP contribution in [0.15, 0.2) is 33.9 Å². The van der Waals surface area contributed by atoms with E-state index in [9.17, 15) is 14.4 Å². The molecule has 1 aromatic rings. The zero-order valence-electron chi connectivity index (χ0n) is 17.4. The number of hydrogen-bond donors (Lipinski definition) is 0. The molecule has 4 rings (SSSR count). The van der Waals surface area contributed by atoms with Crippen LogP contribution in [0.25, 0.3) is 0 Å². The third-order valence-corrected chi connectivity index (χ3v) is 6.52. The Hall–Kier alpha value is -2.68. The first kappa shape index (κ1) is 21.5. The van der Waals surface area contributed by atoms with Gasteiger partial charge in [0.25, 0.3) is 11.8 Å². The molecule has 2 amide bonds. The Balaban J connectivity index is 1.52. The Morgan fingerprint density at radius 1 is 1.26 bits per heavy atom. The molecule has 3 aliphatic rings. The number of fused-ring (bicyclic) bond motifs is 5. The van der Waals surface area contributed by atoms with Gasteiger partial charge in [0.1, 0.15) is 0 Å². The molecule has 9 heteroatoms. The molecule has 1 heterocycles. The summed E-state index contributed by atoms with van der Waals surface area (Å²) in [4.78, 5) is 37.4. The van der Waals surface area contributed by atoms with Crippen molar-refractivity contribution >= 4 is 39.9 Å². The highest BCUT2D eigenvalue weighted by Crippen LogP contribution is 2.52. The van der Waals surface area contributed by atoms with Crippen molar-refractivity contribution in [3.63, 3.8) is 0 Å². The second kappa shape index (κ2) is 8.45. The number of esters is 1. The normalized spacial score (nSPS) is 27.2. The highest BCUT2D eigenvalue weighted by Gasteiger charge is 2.59. The standard InChI is InChI=1S/C22H23BrN2O6/c1-4-30-22(28)11(2)31-19-15(23)7-12(8-16(19)29-3)10-24-25-20(26)17-13-5-6-14(9-13)18(17)21(25)27/h5-8,10-11,13-14,17-18H,4,9H2,1-3H3. The summed E-state index contributed by atoms with van der Waals surface area (Å²) in [6, 6.07) is 3.36. The molecule has 0 aromatic heterocycles. The highest BCUT2D eigenvalue weighted by atomic mass is 79.9. The van der Waals surface area contributed by atoms with E-state index in [1.807, 2.05) is 12.2 Å². The molecule has 5 unspecified atom stereocenters. The van der Waals surface area contributed by atoms with E-state index < -0.39 is 12.1 Å². The SMILES string of the molecule is CCOC(=O)C(C)Oc1c(Br)cc(C=NN2C(=O)C3C4C=CC(C4)C3C2=O)cc1OC. The summed E-state index contributed by atoms with van der Waals surface area (Å²) in [5.74, 6) is -0.563. The summed E-state index contributed by atoms with van der Waals surface area (Å²) in [7, 11) is 1.47. The lowest BCUT2D eigenvalue weighted by Crippen LogP contribution is -2.28. The monoisotopic (exact) mass is 490 g/mol. The maximum Gasteiger partial charge on any atom is 0.347 e. The number of hydrogen-bond acceptors (Lipinski definition) is 7. The number of halogens is 1. The van der Waals surface area contributed by atoms with Gasteiger partial charge in [0.2, 0.25) is 0 Å². The molecule has 2 bridgehead atoms. The first-order valence-electron chi connectivity index (χ1n) is 10.2. The molecule has 1 aliphatic heterocycles.